The molecule has 41 heavy (non-hydrogen) atoms. The predicted molar refractivity (Wildman–Crippen MR) is 147 cm³/mol. The first-order chi connectivity index (χ1) is 18.8. The van der Waals surface area contributed by atoms with Crippen molar-refractivity contribution in [3.8, 4) is 11.7 Å². The number of nitrogens with zero attached hydrogens (tertiary/aromatic N) is 5. The zero-order chi connectivity index (χ0) is 30.5. The second kappa shape index (κ2) is 10.4. The van der Waals surface area contributed by atoms with E-state index in [0.717, 1.165) is 20.3 Å². The van der Waals surface area contributed by atoms with E-state index in [-0.39, 0.29) is 33.9 Å². The summed E-state index contributed by atoms with van der Waals surface area (Å²) in [5.74, 6) is -0.0312. The van der Waals surface area contributed by atoms with Crippen molar-refractivity contribution in [2.75, 3.05) is 18.1 Å². The molecule has 1 aliphatic rings. The first-order valence-corrected chi connectivity index (χ1v) is 14.5. The molecular formula is C27H35F3N6O4S. The van der Waals surface area contributed by atoms with E-state index < -0.39 is 39.7 Å². The topological polar surface area (TPSA) is 111 Å². The van der Waals surface area contributed by atoms with Crippen LogP contribution in [0.2, 0.25) is 0 Å². The standard InChI is InChI=1S/C27H35F3N6O4S/c1-17-14-26(5,6)35(15-17)23-19(24(37)33-41(38,39)20-10-12-34(7)18(20)2)8-9-21(31-23)36-13-11-22(32-36)40-16-25(3,4)27(28,29)30/h8-13,17H,14-16H2,1-7H3,(H,33,37)/t17-/m0/s1. The zero-order valence-electron chi connectivity index (χ0n) is 24.1. The van der Waals surface area contributed by atoms with Crippen LogP contribution in [0.25, 0.3) is 5.82 Å². The Kier molecular flexibility index (Phi) is 7.69. The van der Waals surface area contributed by atoms with Crippen molar-refractivity contribution in [1.29, 1.82) is 0 Å². The molecule has 1 N–H and O–H groups in total. The summed E-state index contributed by atoms with van der Waals surface area (Å²) >= 11 is 0. The Hall–Kier alpha value is -3.55. The highest BCUT2D eigenvalue weighted by atomic mass is 32.2. The number of anilines is 1. The number of sulfonamides is 1. The van der Waals surface area contributed by atoms with E-state index in [1.165, 1.54) is 35.1 Å². The van der Waals surface area contributed by atoms with Crippen LogP contribution in [0.5, 0.6) is 5.88 Å². The van der Waals surface area contributed by atoms with Crippen LogP contribution in [0.4, 0.5) is 19.0 Å². The van der Waals surface area contributed by atoms with E-state index in [2.05, 4.69) is 16.7 Å². The van der Waals surface area contributed by atoms with Gasteiger partial charge in [-0.05, 0) is 65.2 Å². The number of amides is 1. The molecule has 0 aromatic carbocycles. The lowest BCUT2D eigenvalue weighted by molar-refractivity contribution is -0.219. The number of nitrogens with one attached hydrogen (secondary N) is 1. The van der Waals surface area contributed by atoms with E-state index in [1.807, 2.05) is 18.7 Å². The largest absolute Gasteiger partial charge is 0.476 e. The van der Waals surface area contributed by atoms with Gasteiger partial charge in [0.25, 0.3) is 15.9 Å². The van der Waals surface area contributed by atoms with E-state index >= 15 is 0 Å². The Morgan fingerprint density at radius 3 is 2.41 bits per heavy atom. The van der Waals surface area contributed by atoms with Crippen LogP contribution in [0.3, 0.4) is 0 Å². The first-order valence-electron chi connectivity index (χ1n) is 13.1. The molecule has 1 saturated heterocycles. The van der Waals surface area contributed by atoms with Gasteiger partial charge in [-0.2, -0.15) is 13.2 Å². The van der Waals surface area contributed by atoms with E-state index in [1.54, 1.807) is 24.7 Å². The normalized spacial score (nSPS) is 17.6. The number of ether oxygens (including phenoxy) is 1. The molecule has 1 atom stereocenters. The maximum absolute atomic E-state index is 13.4. The molecular weight excluding hydrogens is 561 g/mol. The molecule has 0 aliphatic carbocycles. The van der Waals surface area contributed by atoms with E-state index in [4.69, 9.17) is 9.72 Å². The second-order valence-corrected chi connectivity index (χ2v) is 13.5. The molecule has 10 nitrogen and oxygen atoms in total. The molecule has 4 rings (SSSR count). The van der Waals surface area contributed by atoms with E-state index in [0.29, 0.717) is 12.2 Å². The van der Waals surface area contributed by atoms with Crippen molar-refractivity contribution >= 4 is 21.7 Å². The van der Waals surface area contributed by atoms with Gasteiger partial charge < -0.3 is 14.2 Å². The van der Waals surface area contributed by atoms with Crippen LogP contribution in [0.15, 0.2) is 41.6 Å². The molecule has 0 bridgehead atoms. The number of halogens is 3. The van der Waals surface area contributed by atoms with Crippen molar-refractivity contribution < 1.29 is 31.1 Å². The molecule has 0 saturated carbocycles. The third-order valence-corrected chi connectivity index (χ3v) is 8.90. The van der Waals surface area contributed by atoms with Crippen molar-refractivity contribution in [3.63, 3.8) is 0 Å². The van der Waals surface area contributed by atoms with Crippen LogP contribution < -0.4 is 14.4 Å². The second-order valence-electron chi connectivity index (χ2n) is 11.9. The summed E-state index contributed by atoms with van der Waals surface area (Å²) in [5, 5.41) is 4.22. The minimum Gasteiger partial charge on any atom is -0.476 e. The molecule has 4 heterocycles. The van der Waals surface area contributed by atoms with Crippen LogP contribution >= 0.6 is 0 Å². The first kappa shape index (κ1) is 30.4. The highest BCUT2D eigenvalue weighted by molar-refractivity contribution is 7.90. The van der Waals surface area contributed by atoms with Gasteiger partial charge >= 0.3 is 6.18 Å². The molecule has 1 aliphatic heterocycles. The molecule has 0 unspecified atom stereocenters. The fourth-order valence-electron chi connectivity index (χ4n) is 4.86. The van der Waals surface area contributed by atoms with Gasteiger partial charge in [0.2, 0.25) is 5.88 Å². The maximum atomic E-state index is 13.4. The molecule has 1 amide bonds. The van der Waals surface area contributed by atoms with Gasteiger partial charge in [0.1, 0.15) is 17.3 Å². The van der Waals surface area contributed by atoms with Crippen molar-refractivity contribution in [2.24, 2.45) is 18.4 Å². The number of carbonyl (C=O) groups is 1. The predicted octanol–water partition coefficient (Wildman–Crippen LogP) is 4.63. The summed E-state index contributed by atoms with van der Waals surface area (Å²) in [6, 6.07) is 5.80. The summed E-state index contributed by atoms with van der Waals surface area (Å²) in [6.45, 7) is 9.78. The van der Waals surface area contributed by atoms with Gasteiger partial charge in [0.15, 0.2) is 5.82 Å². The van der Waals surface area contributed by atoms with Crippen molar-refractivity contribution in [2.45, 2.75) is 64.6 Å². The number of pyridine rings is 1. The van der Waals surface area contributed by atoms with Crippen LogP contribution in [-0.4, -0.2) is 58.5 Å². The van der Waals surface area contributed by atoms with Gasteiger partial charge in [-0.25, -0.2) is 22.8 Å². The fraction of sp³-hybridized carbons (Fsp3) is 0.519. The molecule has 14 heteroatoms. The van der Waals surface area contributed by atoms with Crippen LogP contribution in [0, 0.1) is 18.3 Å². The smallest absolute Gasteiger partial charge is 0.397 e. The summed E-state index contributed by atoms with van der Waals surface area (Å²) in [5.41, 5.74) is -1.93. The Balaban J connectivity index is 1.68. The number of rotatable bonds is 8. The molecule has 0 spiro atoms. The number of alkyl halides is 3. The van der Waals surface area contributed by atoms with Crippen molar-refractivity contribution in [3.05, 3.63) is 47.9 Å². The Bertz CT molecular complexity index is 1560. The molecule has 3 aromatic heterocycles. The quantitative estimate of drug-likeness (QED) is 0.404. The van der Waals surface area contributed by atoms with Crippen molar-refractivity contribution in [1.82, 2.24) is 24.1 Å². The SMILES string of the molecule is Cc1c(S(=O)(=O)NC(=O)c2ccc(-n3ccc(OCC(C)(C)C(F)(F)F)n3)nc2N2C[C@@H](C)CC2(C)C)ccn1C. The fourth-order valence-corrected chi connectivity index (χ4v) is 6.10. The molecule has 224 valence electrons. The number of carbonyl (C=O) groups excluding carboxylic acids is 1. The number of aryl methyl sites for hydroxylation is 1. The lowest BCUT2D eigenvalue weighted by atomic mass is 9.94. The molecule has 3 aromatic rings. The number of hydrogen-bond donors (Lipinski definition) is 1. The summed E-state index contributed by atoms with van der Waals surface area (Å²) in [6.07, 6.45) is -0.552. The highest BCUT2D eigenvalue weighted by Crippen LogP contribution is 2.39. The zero-order valence-corrected chi connectivity index (χ0v) is 24.9. The number of aromatic nitrogens is 4. The van der Waals surface area contributed by atoms with Gasteiger partial charge in [0.05, 0.1) is 11.0 Å². The van der Waals surface area contributed by atoms with Gasteiger partial charge in [-0.1, -0.05) is 6.92 Å². The minimum atomic E-state index is -4.45. The Morgan fingerprint density at radius 1 is 1.17 bits per heavy atom. The average molecular weight is 597 g/mol. The van der Waals surface area contributed by atoms with Gasteiger partial charge in [-0.3, -0.25) is 4.79 Å². The van der Waals surface area contributed by atoms with Gasteiger partial charge in [-0.15, -0.1) is 5.10 Å². The summed E-state index contributed by atoms with van der Waals surface area (Å²) < 4.78 is 76.3. The lowest BCUT2D eigenvalue weighted by Crippen LogP contribution is -2.41. The summed E-state index contributed by atoms with van der Waals surface area (Å²) in [7, 11) is -2.46. The summed E-state index contributed by atoms with van der Waals surface area (Å²) in [4.78, 5) is 20.1. The minimum absolute atomic E-state index is 0.00706. The maximum Gasteiger partial charge on any atom is 0.397 e. The van der Waals surface area contributed by atoms with Gasteiger partial charge in [0, 0.05) is 43.3 Å². The van der Waals surface area contributed by atoms with Crippen LogP contribution in [0.1, 0.15) is 57.1 Å². The highest BCUT2D eigenvalue weighted by Gasteiger charge is 2.48. The Labute approximate surface area is 237 Å². The Morgan fingerprint density at radius 2 is 1.85 bits per heavy atom. The van der Waals surface area contributed by atoms with E-state index in [9.17, 15) is 26.4 Å². The lowest BCUT2D eigenvalue weighted by Gasteiger charge is -2.34. The monoisotopic (exact) mass is 596 g/mol. The third kappa shape index (κ3) is 6.07. The molecule has 1 fully saturated rings. The third-order valence-electron chi connectivity index (χ3n) is 7.43. The number of hydrogen-bond acceptors (Lipinski definition) is 7. The van der Waals surface area contributed by atoms with Crippen LogP contribution in [-0.2, 0) is 17.1 Å². The molecule has 0 radical (unpaired) electrons. The average Bonchev–Trinajstić information content (AvgIpc) is 3.53.